The van der Waals surface area contributed by atoms with Crippen LogP contribution in [-0.2, 0) is 9.90 Å². The van der Waals surface area contributed by atoms with Gasteiger partial charge in [-0.25, -0.2) is 9.90 Å². The number of rotatable bonds is 9. The van der Waals surface area contributed by atoms with Gasteiger partial charge in [0.15, 0.2) is 0 Å². The Morgan fingerprint density at radius 2 is 1.56 bits per heavy atom. The lowest BCUT2D eigenvalue weighted by Gasteiger charge is -2.34. The van der Waals surface area contributed by atoms with Crippen LogP contribution in [0.5, 0.6) is 0 Å². The summed E-state index contributed by atoms with van der Waals surface area (Å²) in [5, 5.41) is 11.5. The van der Waals surface area contributed by atoms with Gasteiger partial charge in [0, 0.05) is 0 Å². The topological polar surface area (TPSA) is 37.0 Å². The van der Waals surface area contributed by atoms with E-state index in [4.69, 9.17) is 0 Å². The maximum absolute atomic E-state index is 11.5. The van der Waals surface area contributed by atoms with Gasteiger partial charge >= 0.3 is 5.97 Å². The first-order valence-corrected chi connectivity index (χ1v) is 6.76. The largest absolute Gasteiger partial charge is 0.361 e. The summed E-state index contributed by atoms with van der Waals surface area (Å²) < 4.78 is 0. The summed E-state index contributed by atoms with van der Waals surface area (Å²) in [5.41, 5.74) is -0.585. The molecule has 0 N–H and O–H groups in total. The van der Waals surface area contributed by atoms with E-state index in [9.17, 15) is 9.90 Å². The Balaban J connectivity index is 4.77. The Bertz CT molecular complexity index is 193. The van der Waals surface area contributed by atoms with E-state index in [0.717, 1.165) is 44.9 Å². The fraction of sp³-hybridized carbons (Fsp3) is 0.929. The van der Waals surface area contributed by atoms with Crippen LogP contribution in [0.25, 0.3) is 0 Å². The van der Waals surface area contributed by atoms with Crippen LogP contribution in [0.1, 0.15) is 72.6 Å². The highest BCUT2D eigenvalue weighted by molar-refractivity contribution is 5.74. The van der Waals surface area contributed by atoms with Crippen LogP contribution in [0.15, 0.2) is 0 Å². The normalized spacial score (nSPS) is 13.8. The minimum absolute atomic E-state index is 0.234. The van der Waals surface area contributed by atoms with Gasteiger partial charge in [0.05, 0.1) is 5.41 Å². The molecule has 0 aromatic rings. The summed E-state index contributed by atoms with van der Waals surface area (Å²) in [6.07, 6.45) is 6.61. The molecule has 16 heavy (non-hydrogen) atoms. The molecule has 0 aliphatic rings. The van der Waals surface area contributed by atoms with Crippen LogP contribution >= 0.6 is 0 Å². The van der Waals surface area contributed by atoms with Crippen LogP contribution in [-0.4, -0.2) is 5.97 Å². The van der Waals surface area contributed by atoms with E-state index in [1.807, 2.05) is 0 Å². The lowest BCUT2D eigenvalue weighted by molar-refractivity contribution is -0.160. The van der Waals surface area contributed by atoms with Crippen molar-refractivity contribution in [2.24, 2.45) is 11.3 Å². The molecule has 0 aliphatic heterocycles. The van der Waals surface area contributed by atoms with Gasteiger partial charge in [-0.1, -0.05) is 53.4 Å². The van der Waals surface area contributed by atoms with E-state index in [1.54, 1.807) is 0 Å². The van der Waals surface area contributed by atoms with Gasteiger partial charge in [0.1, 0.15) is 0 Å². The lowest BCUT2D eigenvalue weighted by atomic mass is 9.68. The van der Waals surface area contributed by atoms with E-state index >= 15 is 0 Å². The van der Waals surface area contributed by atoms with Crippen molar-refractivity contribution in [3.63, 3.8) is 0 Å². The van der Waals surface area contributed by atoms with Crippen LogP contribution in [0.4, 0.5) is 0 Å². The monoisotopic (exact) mass is 227 g/mol. The molecule has 0 fully saturated rings. The molecule has 2 heteroatoms. The van der Waals surface area contributed by atoms with Gasteiger partial charge in [0.25, 0.3) is 0 Å². The molecule has 95 valence electrons. The van der Waals surface area contributed by atoms with E-state index in [1.165, 1.54) is 0 Å². The Morgan fingerprint density at radius 3 is 1.88 bits per heavy atom. The molecule has 1 unspecified atom stereocenters. The predicted octanol–water partition coefficient (Wildman–Crippen LogP) is 4.36. The van der Waals surface area contributed by atoms with Crippen LogP contribution in [0.2, 0.25) is 0 Å². The molecule has 0 heterocycles. The van der Waals surface area contributed by atoms with Gasteiger partial charge in [-0.05, 0) is 25.2 Å². The highest BCUT2D eigenvalue weighted by Gasteiger charge is 2.42. The molecule has 0 saturated heterocycles. The van der Waals surface area contributed by atoms with Crippen molar-refractivity contribution < 1.29 is 9.90 Å². The van der Waals surface area contributed by atoms with Gasteiger partial charge in [0.2, 0.25) is 0 Å². The Labute approximate surface area is 100 Å². The summed E-state index contributed by atoms with van der Waals surface area (Å²) in [7, 11) is 0. The summed E-state index contributed by atoms with van der Waals surface area (Å²) in [4.78, 5) is 11.5. The summed E-state index contributed by atoms with van der Waals surface area (Å²) in [5.74, 6) is -0.600. The molecule has 0 aromatic carbocycles. The van der Waals surface area contributed by atoms with Crippen molar-refractivity contribution >= 4 is 5.97 Å². The standard InChI is InChI=1S/C14H27O2/c1-5-8-9-12(4)14(10-6-2,11-7-3)13(15)16/h12H,5-11H2,1-4H3. The fourth-order valence-electron chi connectivity index (χ4n) is 2.70. The van der Waals surface area contributed by atoms with E-state index in [-0.39, 0.29) is 5.92 Å². The van der Waals surface area contributed by atoms with Gasteiger partial charge in [-0.3, -0.25) is 0 Å². The lowest BCUT2D eigenvalue weighted by Crippen LogP contribution is -2.36. The SMILES string of the molecule is CCCCC(C)C(CCC)(CCC)C([O])=O. The first-order chi connectivity index (χ1) is 7.55. The van der Waals surface area contributed by atoms with Gasteiger partial charge in [-0.15, -0.1) is 0 Å². The molecule has 1 atom stereocenters. The van der Waals surface area contributed by atoms with Crippen LogP contribution in [0, 0.1) is 11.3 Å². The van der Waals surface area contributed by atoms with Crippen LogP contribution in [0.3, 0.4) is 0 Å². The van der Waals surface area contributed by atoms with Gasteiger partial charge < -0.3 is 0 Å². The quantitative estimate of drug-likeness (QED) is 0.576. The maximum atomic E-state index is 11.5. The summed E-state index contributed by atoms with van der Waals surface area (Å²) >= 11 is 0. The molecule has 0 saturated carbocycles. The highest BCUT2D eigenvalue weighted by Crippen LogP contribution is 2.40. The third-order valence-electron chi connectivity index (χ3n) is 3.73. The molecule has 0 spiro atoms. The van der Waals surface area contributed by atoms with Crippen molar-refractivity contribution in [3.8, 4) is 0 Å². The highest BCUT2D eigenvalue weighted by atomic mass is 16.4. The van der Waals surface area contributed by atoms with Gasteiger partial charge in [-0.2, -0.15) is 0 Å². The second-order valence-electron chi connectivity index (χ2n) is 4.99. The number of hydrogen-bond acceptors (Lipinski definition) is 1. The molecule has 0 rings (SSSR count). The Kier molecular flexibility index (Phi) is 7.44. The molecule has 2 nitrogen and oxygen atoms in total. The smallest absolute Gasteiger partial charge is 0.247 e. The van der Waals surface area contributed by atoms with Crippen molar-refractivity contribution in [1.82, 2.24) is 0 Å². The van der Waals surface area contributed by atoms with E-state index < -0.39 is 11.4 Å². The third kappa shape index (κ3) is 3.80. The van der Waals surface area contributed by atoms with E-state index in [0.29, 0.717) is 0 Å². The molecule has 1 radical (unpaired) electrons. The van der Waals surface area contributed by atoms with E-state index in [2.05, 4.69) is 27.7 Å². The zero-order valence-corrected chi connectivity index (χ0v) is 11.3. The summed E-state index contributed by atoms with van der Waals surface area (Å²) in [6, 6.07) is 0. The Morgan fingerprint density at radius 1 is 1.06 bits per heavy atom. The van der Waals surface area contributed by atoms with Crippen molar-refractivity contribution in [2.75, 3.05) is 0 Å². The van der Waals surface area contributed by atoms with Crippen molar-refractivity contribution in [1.29, 1.82) is 0 Å². The number of unbranched alkanes of at least 4 members (excludes halogenated alkanes) is 1. The molecule has 0 aromatic heterocycles. The zero-order chi connectivity index (χ0) is 12.6. The molecular formula is C14H27O2. The number of carbonyl (C=O) groups excluding carboxylic acids is 1. The average Bonchev–Trinajstić information content (AvgIpc) is 2.24. The second-order valence-corrected chi connectivity index (χ2v) is 4.99. The fourth-order valence-corrected chi connectivity index (χ4v) is 2.70. The van der Waals surface area contributed by atoms with Crippen molar-refractivity contribution in [2.45, 2.75) is 72.6 Å². The molecule has 0 bridgehead atoms. The number of hydrogen-bond donors (Lipinski definition) is 0. The first kappa shape index (κ1) is 15.5. The second kappa shape index (κ2) is 7.70. The van der Waals surface area contributed by atoms with Crippen molar-refractivity contribution in [3.05, 3.63) is 0 Å². The molecule has 0 amide bonds. The molecular weight excluding hydrogens is 200 g/mol. The predicted molar refractivity (Wildman–Crippen MR) is 66.6 cm³/mol. The van der Waals surface area contributed by atoms with Crippen LogP contribution < -0.4 is 0 Å². The molecule has 0 aliphatic carbocycles. The maximum Gasteiger partial charge on any atom is 0.361 e. The minimum Gasteiger partial charge on any atom is -0.247 e. The number of carbonyl (C=O) groups is 1. The first-order valence-electron chi connectivity index (χ1n) is 6.76. The average molecular weight is 227 g/mol. The minimum atomic E-state index is -0.834. The zero-order valence-electron chi connectivity index (χ0n) is 11.3. The Hall–Kier alpha value is -0.530. The third-order valence-corrected chi connectivity index (χ3v) is 3.73. The summed E-state index contributed by atoms with van der Waals surface area (Å²) in [6.45, 7) is 8.34.